The lowest BCUT2D eigenvalue weighted by Crippen LogP contribution is -2.24. The summed E-state index contributed by atoms with van der Waals surface area (Å²) in [6, 6.07) is 0.509. The number of likely N-dealkylation sites (N-methyl/N-ethyl adjacent to an activating group) is 1. The molecule has 0 aliphatic heterocycles. The Kier molecular flexibility index (Phi) is 3.53. The van der Waals surface area contributed by atoms with Crippen LogP contribution in [0.1, 0.15) is 20.3 Å². The molecule has 1 unspecified atom stereocenters. The van der Waals surface area contributed by atoms with Crippen molar-refractivity contribution in [2.24, 2.45) is 0 Å². The van der Waals surface area contributed by atoms with Crippen LogP contribution in [0.5, 0.6) is 0 Å². The Balaban J connectivity index is 3.52. The van der Waals surface area contributed by atoms with Crippen LogP contribution in [-0.4, -0.2) is 13.1 Å². The topological polar surface area (TPSA) is 12.0 Å². The standard InChI is InChI=1S/C7H15N/c1-5-7(8-4)6(2)3/h7-8H,2,5H2,1,3-4H3. The van der Waals surface area contributed by atoms with Crippen molar-refractivity contribution in [2.75, 3.05) is 7.05 Å². The van der Waals surface area contributed by atoms with E-state index in [0.717, 1.165) is 6.42 Å². The molecule has 0 saturated carbocycles. The summed E-state index contributed by atoms with van der Waals surface area (Å²) in [4.78, 5) is 0. The Morgan fingerprint density at radius 2 is 2.25 bits per heavy atom. The summed E-state index contributed by atoms with van der Waals surface area (Å²) in [5.74, 6) is 0. The molecule has 1 heteroatoms. The maximum Gasteiger partial charge on any atom is 0.0268 e. The normalized spacial score (nSPS) is 13.4. The van der Waals surface area contributed by atoms with E-state index < -0.39 is 0 Å². The molecule has 0 aliphatic carbocycles. The van der Waals surface area contributed by atoms with Gasteiger partial charge in [-0.1, -0.05) is 19.1 Å². The van der Waals surface area contributed by atoms with Gasteiger partial charge in [0.1, 0.15) is 0 Å². The van der Waals surface area contributed by atoms with Gasteiger partial charge in [0.2, 0.25) is 0 Å². The molecular weight excluding hydrogens is 98.1 g/mol. The van der Waals surface area contributed by atoms with Gasteiger partial charge in [-0.15, -0.1) is 0 Å². The number of nitrogens with one attached hydrogen (secondary N) is 1. The number of hydrogen-bond acceptors (Lipinski definition) is 1. The van der Waals surface area contributed by atoms with Crippen molar-refractivity contribution in [1.82, 2.24) is 5.32 Å². The first kappa shape index (κ1) is 7.70. The van der Waals surface area contributed by atoms with Crippen LogP contribution >= 0.6 is 0 Å². The second-order valence-corrected chi connectivity index (χ2v) is 2.10. The van der Waals surface area contributed by atoms with Gasteiger partial charge in [-0.25, -0.2) is 0 Å². The minimum Gasteiger partial charge on any atom is -0.313 e. The van der Waals surface area contributed by atoms with Gasteiger partial charge in [0.05, 0.1) is 0 Å². The lowest BCUT2D eigenvalue weighted by molar-refractivity contribution is 0.618. The molecule has 48 valence electrons. The van der Waals surface area contributed by atoms with Crippen LogP contribution in [0.2, 0.25) is 0 Å². The van der Waals surface area contributed by atoms with Crippen LogP contribution in [0.3, 0.4) is 0 Å². The van der Waals surface area contributed by atoms with Crippen molar-refractivity contribution in [3.05, 3.63) is 12.2 Å². The molecule has 0 rings (SSSR count). The van der Waals surface area contributed by atoms with E-state index in [1.165, 1.54) is 5.57 Å². The largest absolute Gasteiger partial charge is 0.313 e. The summed E-state index contributed by atoms with van der Waals surface area (Å²) < 4.78 is 0. The van der Waals surface area contributed by atoms with Crippen molar-refractivity contribution in [2.45, 2.75) is 26.3 Å². The van der Waals surface area contributed by atoms with Crippen molar-refractivity contribution < 1.29 is 0 Å². The third kappa shape index (κ3) is 2.12. The van der Waals surface area contributed by atoms with E-state index >= 15 is 0 Å². The third-order valence-electron chi connectivity index (χ3n) is 1.35. The second kappa shape index (κ2) is 3.67. The quantitative estimate of drug-likeness (QED) is 0.548. The molecular formula is C7H15N. The maximum absolute atomic E-state index is 3.83. The smallest absolute Gasteiger partial charge is 0.0268 e. The highest BCUT2D eigenvalue weighted by Gasteiger charge is 1.99. The molecule has 0 amide bonds. The second-order valence-electron chi connectivity index (χ2n) is 2.10. The van der Waals surface area contributed by atoms with Crippen molar-refractivity contribution in [3.8, 4) is 0 Å². The molecule has 1 nitrogen and oxygen atoms in total. The van der Waals surface area contributed by atoms with E-state index in [0.29, 0.717) is 6.04 Å². The summed E-state index contributed by atoms with van der Waals surface area (Å²) in [6.45, 7) is 8.03. The summed E-state index contributed by atoms with van der Waals surface area (Å²) >= 11 is 0. The van der Waals surface area contributed by atoms with Gasteiger partial charge in [-0.3, -0.25) is 0 Å². The molecule has 0 heterocycles. The summed E-state index contributed by atoms with van der Waals surface area (Å²) in [7, 11) is 1.96. The zero-order chi connectivity index (χ0) is 6.57. The summed E-state index contributed by atoms with van der Waals surface area (Å²) in [5, 5.41) is 3.15. The summed E-state index contributed by atoms with van der Waals surface area (Å²) in [6.07, 6.45) is 1.13. The van der Waals surface area contributed by atoms with Crippen LogP contribution in [-0.2, 0) is 0 Å². The molecule has 0 saturated heterocycles. The van der Waals surface area contributed by atoms with Gasteiger partial charge < -0.3 is 5.32 Å². The number of hydrogen-bond donors (Lipinski definition) is 1. The van der Waals surface area contributed by atoms with E-state index in [9.17, 15) is 0 Å². The fraction of sp³-hybridized carbons (Fsp3) is 0.714. The zero-order valence-electron chi connectivity index (χ0n) is 5.99. The average Bonchev–Trinajstić information content (AvgIpc) is 1.69. The monoisotopic (exact) mass is 113 g/mol. The molecule has 1 atom stereocenters. The predicted octanol–water partition coefficient (Wildman–Crippen LogP) is 1.56. The third-order valence-corrected chi connectivity index (χ3v) is 1.35. The zero-order valence-corrected chi connectivity index (χ0v) is 5.99. The molecule has 0 aromatic rings. The van der Waals surface area contributed by atoms with Crippen LogP contribution in [0.15, 0.2) is 12.2 Å². The van der Waals surface area contributed by atoms with Gasteiger partial charge in [-0.2, -0.15) is 0 Å². The molecule has 0 aromatic carbocycles. The van der Waals surface area contributed by atoms with Crippen molar-refractivity contribution >= 4 is 0 Å². The highest BCUT2D eigenvalue weighted by atomic mass is 14.9. The van der Waals surface area contributed by atoms with Gasteiger partial charge in [0.15, 0.2) is 0 Å². The van der Waals surface area contributed by atoms with Gasteiger partial charge in [0.25, 0.3) is 0 Å². The number of rotatable bonds is 3. The lowest BCUT2D eigenvalue weighted by atomic mass is 10.1. The Bertz CT molecular complexity index is 72.5. The van der Waals surface area contributed by atoms with E-state index in [4.69, 9.17) is 0 Å². The molecule has 0 aliphatic rings. The predicted molar refractivity (Wildman–Crippen MR) is 38.0 cm³/mol. The van der Waals surface area contributed by atoms with Crippen LogP contribution < -0.4 is 5.32 Å². The molecule has 0 fully saturated rings. The van der Waals surface area contributed by atoms with E-state index in [1.807, 2.05) is 14.0 Å². The van der Waals surface area contributed by atoms with Crippen LogP contribution in [0.4, 0.5) is 0 Å². The van der Waals surface area contributed by atoms with E-state index in [1.54, 1.807) is 0 Å². The Morgan fingerprint density at radius 1 is 1.75 bits per heavy atom. The minimum atomic E-state index is 0.509. The Labute approximate surface area is 51.8 Å². The molecule has 0 radical (unpaired) electrons. The van der Waals surface area contributed by atoms with Crippen LogP contribution in [0.25, 0.3) is 0 Å². The summed E-state index contributed by atoms with van der Waals surface area (Å²) in [5.41, 5.74) is 1.22. The SMILES string of the molecule is C=C(C)C(CC)NC. The van der Waals surface area contributed by atoms with Gasteiger partial charge in [0, 0.05) is 6.04 Å². The molecule has 0 aromatic heterocycles. The molecule has 0 spiro atoms. The Hall–Kier alpha value is -0.300. The molecule has 1 N–H and O–H groups in total. The van der Waals surface area contributed by atoms with Crippen LogP contribution in [0, 0.1) is 0 Å². The van der Waals surface area contributed by atoms with E-state index in [-0.39, 0.29) is 0 Å². The first-order valence-corrected chi connectivity index (χ1v) is 3.05. The highest BCUT2D eigenvalue weighted by molar-refractivity contribution is 4.99. The first-order valence-electron chi connectivity index (χ1n) is 3.05. The highest BCUT2D eigenvalue weighted by Crippen LogP contribution is 1.99. The lowest BCUT2D eigenvalue weighted by Gasteiger charge is -2.11. The fourth-order valence-corrected chi connectivity index (χ4v) is 0.799. The van der Waals surface area contributed by atoms with Gasteiger partial charge in [-0.05, 0) is 20.4 Å². The van der Waals surface area contributed by atoms with Gasteiger partial charge >= 0.3 is 0 Å². The Morgan fingerprint density at radius 3 is 2.25 bits per heavy atom. The maximum atomic E-state index is 3.83. The minimum absolute atomic E-state index is 0.509. The molecule has 0 bridgehead atoms. The average molecular weight is 113 g/mol. The van der Waals surface area contributed by atoms with Crippen molar-refractivity contribution in [3.63, 3.8) is 0 Å². The van der Waals surface area contributed by atoms with E-state index in [2.05, 4.69) is 18.8 Å². The molecule has 8 heavy (non-hydrogen) atoms. The first-order chi connectivity index (χ1) is 3.72. The fourth-order valence-electron chi connectivity index (χ4n) is 0.799. The van der Waals surface area contributed by atoms with Crippen molar-refractivity contribution in [1.29, 1.82) is 0 Å².